The van der Waals surface area contributed by atoms with Gasteiger partial charge in [-0.2, -0.15) is 0 Å². The lowest BCUT2D eigenvalue weighted by Crippen LogP contribution is -2.50. The topological polar surface area (TPSA) is 95.7 Å². The predicted octanol–water partition coefficient (Wildman–Crippen LogP) is 4.24. The Labute approximate surface area is 238 Å². The quantitative estimate of drug-likeness (QED) is 0.429. The Morgan fingerprint density at radius 1 is 0.975 bits per heavy atom. The average molecular weight is 563 g/mol. The molecule has 2 fully saturated rings. The maximum atomic E-state index is 13.7. The predicted molar refractivity (Wildman–Crippen MR) is 154 cm³/mol. The van der Waals surface area contributed by atoms with E-state index in [2.05, 4.69) is 5.32 Å². The Balaban J connectivity index is 1.40. The van der Waals surface area contributed by atoms with Gasteiger partial charge in [0.1, 0.15) is 11.9 Å². The number of halogens is 1. The Morgan fingerprint density at radius 3 is 2.38 bits per heavy atom. The van der Waals surface area contributed by atoms with Gasteiger partial charge in [0.05, 0.1) is 10.9 Å². The van der Waals surface area contributed by atoms with Crippen LogP contribution in [-0.4, -0.2) is 64.8 Å². The van der Waals surface area contributed by atoms with Crippen LogP contribution in [0.3, 0.4) is 0 Å². The van der Waals surface area contributed by atoms with Crippen LogP contribution in [0.2, 0.25) is 0 Å². The van der Waals surface area contributed by atoms with Gasteiger partial charge in [0, 0.05) is 30.7 Å². The molecular formula is C31H35FN4O3S. The van der Waals surface area contributed by atoms with E-state index in [1.54, 1.807) is 11.0 Å². The number of hydrogen-bond donors (Lipinski definition) is 2. The number of hydrogen-bond acceptors (Lipinski definition) is 5. The summed E-state index contributed by atoms with van der Waals surface area (Å²) in [5, 5.41) is 5.02. The third kappa shape index (κ3) is 6.59. The Morgan fingerprint density at radius 2 is 1.70 bits per heavy atom. The number of thiophene rings is 1. The largest absolute Gasteiger partial charge is 0.352 e. The molecule has 1 saturated carbocycles. The van der Waals surface area contributed by atoms with Gasteiger partial charge < -0.3 is 20.9 Å². The minimum absolute atomic E-state index is 0.0102. The lowest BCUT2D eigenvalue weighted by atomic mass is 9.91. The van der Waals surface area contributed by atoms with Gasteiger partial charge in [-0.05, 0) is 79.8 Å². The van der Waals surface area contributed by atoms with Crippen LogP contribution in [0.1, 0.15) is 57.7 Å². The molecule has 2 unspecified atom stereocenters. The first-order valence-electron chi connectivity index (χ1n) is 13.9. The molecule has 1 aromatic heterocycles. The van der Waals surface area contributed by atoms with E-state index >= 15 is 0 Å². The summed E-state index contributed by atoms with van der Waals surface area (Å²) in [4.78, 5) is 45.0. The zero-order valence-corrected chi connectivity index (χ0v) is 23.2. The third-order valence-electron chi connectivity index (χ3n) is 7.97. The smallest absolute Gasteiger partial charge is 0.264 e. The fourth-order valence-corrected chi connectivity index (χ4v) is 6.40. The SMILES string of the molecule is NC1CCC(NC(=O)C2CC(N(CCc3ccccc3)C(=O)c3cccs3)CN2C(=O)c2ccc(F)cc2)CC1. The van der Waals surface area contributed by atoms with E-state index in [1.165, 1.54) is 35.6 Å². The molecule has 3 amide bonds. The molecule has 2 heterocycles. The van der Waals surface area contributed by atoms with Crippen molar-refractivity contribution in [3.05, 3.63) is 93.9 Å². The lowest BCUT2D eigenvalue weighted by molar-refractivity contribution is -0.125. The molecule has 3 N–H and O–H groups in total. The number of nitrogens with zero attached hydrogens (tertiary/aromatic N) is 2. The number of nitrogens with two attached hydrogens (primary N) is 1. The van der Waals surface area contributed by atoms with Crippen molar-refractivity contribution in [1.29, 1.82) is 0 Å². The first-order chi connectivity index (χ1) is 19.4. The van der Waals surface area contributed by atoms with Crippen molar-refractivity contribution in [2.24, 2.45) is 5.73 Å². The average Bonchev–Trinajstić information content (AvgIpc) is 3.66. The van der Waals surface area contributed by atoms with E-state index in [0.717, 1.165) is 31.2 Å². The summed E-state index contributed by atoms with van der Waals surface area (Å²) >= 11 is 1.38. The molecule has 210 valence electrons. The monoisotopic (exact) mass is 562 g/mol. The number of amides is 3. The standard InChI is InChI=1S/C31H35FN4O3S/c32-23-10-8-22(9-11-23)30(38)36-20-26(19-27(36)29(37)34-25-14-12-24(33)13-15-25)35(31(39)28-7-4-18-40-28)17-16-21-5-2-1-3-6-21/h1-11,18,24-27H,12-17,19-20,33H2,(H,34,37). The molecule has 2 atom stereocenters. The van der Waals surface area contributed by atoms with Crippen molar-refractivity contribution in [3.8, 4) is 0 Å². The van der Waals surface area contributed by atoms with Crippen LogP contribution in [0.15, 0.2) is 72.1 Å². The van der Waals surface area contributed by atoms with Gasteiger partial charge in [-0.25, -0.2) is 4.39 Å². The summed E-state index contributed by atoms with van der Waals surface area (Å²) in [6.07, 6.45) is 4.28. The van der Waals surface area contributed by atoms with Crippen LogP contribution in [0, 0.1) is 5.82 Å². The second kappa shape index (κ2) is 12.7. The van der Waals surface area contributed by atoms with E-state index in [1.807, 2.05) is 46.7 Å². The second-order valence-electron chi connectivity index (χ2n) is 10.7. The van der Waals surface area contributed by atoms with Gasteiger partial charge in [-0.1, -0.05) is 36.4 Å². The van der Waals surface area contributed by atoms with Crippen LogP contribution in [-0.2, 0) is 11.2 Å². The van der Waals surface area contributed by atoms with Crippen molar-refractivity contribution in [3.63, 3.8) is 0 Å². The maximum absolute atomic E-state index is 13.7. The van der Waals surface area contributed by atoms with E-state index < -0.39 is 11.9 Å². The maximum Gasteiger partial charge on any atom is 0.264 e. The normalized spacial score (nSPS) is 22.6. The third-order valence-corrected chi connectivity index (χ3v) is 8.83. The van der Waals surface area contributed by atoms with Gasteiger partial charge >= 0.3 is 0 Å². The highest BCUT2D eigenvalue weighted by Crippen LogP contribution is 2.28. The molecular weight excluding hydrogens is 527 g/mol. The van der Waals surface area contributed by atoms with E-state index in [0.29, 0.717) is 29.8 Å². The number of carbonyl (C=O) groups excluding carboxylic acids is 3. The second-order valence-corrected chi connectivity index (χ2v) is 11.6. The van der Waals surface area contributed by atoms with Crippen LogP contribution in [0.5, 0.6) is 0 Å². The number of rotatable bonds is 8. The fraction of sp³-hybridized carbons (Fsp3) is 0.387. The van der Waals surface area contributed by atoms with Crippen LogP contribution in [0.25, 0.3) is 0 Å². The van der Waals surface area contributed by atoms with Gasteiger partial charge in [0.25, 0.3) is 11.8 Å². The first-order valence-corrected chi connectivity index (χ1v) is 14.8. The number of nitrogens with one attached hydrogen (secondary N) is 1. The number of likely N-dealkylation sites (tertiary alicyclic amines) is 1. The summed E-state index contributed by atoms with van der Waals surface area (Å²) < 4.78 is 13.6. The number of benzene rings is 2. The van der Waals surface area contributed by atoms with E-state index in [9.17, 15) is 18.8 Å². The summed E-state index contributed by atoms with van der Waals surface area (Å²) in [5.74, 6) is -1.10. The van der Waals surface area contributed by atoms with E-state index in [-0.39, 0.29) is 42.4 Å². The van der Waals surface area contributed by atoms with Crippen LogP contribution >= 0.6 is 11.3 Å². The molecule has 7 nitrogen and oxygen atoms in total. The lowest BCUT2D eigenvalue weighted by Gasteiger charge is -2.30. The molecule has 5 rings (SSSR count). The highest BCUT2D eigenvalue weighted by molar-refractivity contribution is 7.12. The highest BCUT2D eigenvalue weighted by Gasteiger charge is 2.44. The zero-order chi connectivity index (χ0) is 28.1. The molecule has 1 aliphatic heterocycles. The number of carbonyl (C=O) groups is 3. The Bertz CT molecular complexity index is 1290. The summed E-state index contributed by atoms with van der Waals surface area (Å²) in [6, 6.07) is 18.0. The van der Waals surface area contributed by atoms with Crippen molar-refractivity contribution in [2.45, 2.75) is 62.7 Å². The molecule has 9 heteroatoms. The molecule has 0 spiro atoms. The summed E-state index contributed by atoms with van der Waals surface area (Å²) in [7, 11) is 0. The summed E-state index contributed by atoms with van der Waals surface area (Å²) in [5.41, 5.74) is 7.46. The molecule has 1 aliphatic carbocycles. The Hall–Kier alpha value is -3.56. The van der Waals surface area contributed by atoms with Crippen LogP contribution in [0.4, 0.5) is 4.39 Å². The minimum atomic E-state index is -0.742. The molecule has 0 radical (unpaired) electrons. The molecule has 2 aliphatic rings. The van der Waals surface area contributed by atoms with E-state index in [4.69, 9.17) is 5.73 Å². The van der Waals surface area contributed by atoms with Crippen LogP contribution < -0.4 is 11.1 Å². The first kappa shape index (κ1) is 28.0. The highest BCUT2D eigenvalue weighted by atomic mass is 32.1. The minimum Gasteiger partial charge on any atom is -0.352 e. The van der Waals surface area contributed by atoms with Gasteiger partial charge in [-0.15, -0.1) is 11.3 Å². The summed E-state index contributed by atoms with van der Waals surface area (Å²) in [6.45, 7) is 0.675. The van der Waals surface area contributed by atoms with Crippen molar-refractivity contribution in [1.82, 2.24) is 15.1 Å². The Kier molecular flexibility index (Phi) is 8.91. The van der Waals surface area contributed by atoms with Gasteiger partial charge in [-0.3, -0.25) is 14.4 Å². The zero-order valence-electron chi connectivity index (χ0n) is 22.4. The molecule has 2 aromatic carbocycles. The molecule has 1 saturated heterocycles. The molecule has 3 aromatic rings. The van der Waals surface area contributed by atoms with Crippen molar-refractivity contribution < 1.29 is 18.8 Å². The van der Waals surface area contributed by atoms with Crippen molar-refractivity contribution >= 4 is 29.1 Å². The molecule has 0 bridgehead atoms. The van der Waals surface area contributed by atoms with Gasteiger partial charge in [0.2, 0.25) is 5.91 Å². The fourth-order valence-electron chi connectivity index (χ4n) is 5.72. The van der Waals surface area contributed by atoms with Crippen molar-refractivity contribution in [2.75, 3.05) is 13.1 Å². The van der Waals surface area contributed by atoms with Gasteiger partial charge in [0.15, 0.2) is 0 Å². The molecule has 40 heavy (non-hydrogen) atoms.